The summed E-state index contributed by atoms with van der Waals surface area (Å²) in [6.07, 6.45) is 2.91. The zero-order valence-corrected chi connectivity index (χ0v) is 22.5. The van der Waals surface area contributed by atoms with Gasteiger partial charge in [-0.05, 0) is 29.7 Å². The van der Waals surface area contributed by atoms with Gasteiger partial charge in [0, 0.05) is 18.8 Å². The Hall–Kier alpha value is -2.65. The number of carbonyl (C=O) groups is 1. The summed E-state index contributed by atoms with van der Waals surface area (Å²) < 4.78 is 50.8. The minimum absolute atomic E-state index is 0. The molecule has 2 aromatic carbocycles. The number of hydrogen-bond donors (Lipinski definition) is 1. The van der Waals surface area contributed by atoms with Gasteiger partial charge in [-0.2, -0.15) is 0 Å². The molecule has 1 heterocycles. The summed E-state index contributed by atoms with van der Waals surface area (Å²) >= 11 is 0. The topological polar surface area (TPSA) is 55.3 Å². The third-order valence-electron chi connectivity index (χ3n) is 6.88. The van der Waals surface area contributed by atoms with E-state index in [0.717, 1.165) is 11.4 Å². The van der Waals surface area contributed by atoms with Crippen molar-refractivity contribution in [2.75, 3.05) is 6.61 Å². The van der Waals surface area contributed by atoms with Gasteiger partial charge < -0.3 is 26.8 Å². The first kappa shape index (κ1) is 28.9. The summed E-state index contributed by atoms with van der Waals surface area (Å²) in [5, 5.41) is 11.5. The van der Waals surface area contributed by atoms with Gasteiger partial charge in [-0.1, -0.05) is 56.3 Å². The Balaban J connectivity index is 0.00000380. The van der Waals surface area contributed by atoms with E-state index in [4.69, 9.17) is 4.74 Å². The molecule has 1 saturated carbocycles. The predicted molar refractivity (Wildman–Crippen MR) is 128 cm³/mol. The summed E-state index contributed by atoms with van der Waals surface area (Å²) in [4.78, 5) is 13.2. The first-order chi connectivity index (χ1) is 17.1. The number of benzene rings is 2. The van der Waals surface area contributed by atoms with Crippen LogP contribution in [-0.4, -0.2) is 28.2 Å². The number of halogens is 4. The van der Waals surface area contributed by atoms with E-state index in [-0.39, 0.29) is 53.7 Å². The van der Waals surface area contributed by atoms with Gasteiger partial charge in [0.05, 0.1) is 5.92 Å². The molecule has 5 nitrogen and oxygen atoms in total. The number of esters is 1. The maximum atomic E-state index is 14.0. The minimum Gasteiger partial charge on any atom is -1.00 e. The molecule has 4 rings (SSSR count). The first-order valence-corrected chi connectivity index (χ1v) is 12.3. The first-order valence-electron chi connectivity index (χ1n) is 12.3. The average Bonchev–Trinajstić information content (AvgIpc) is 3.43. The van der Waals surface area contributed by atoms with Gasteiger partial charge in [-0.25, -0.2) is 27.1 Å². The van der Waals surface area contributed by atoms with Crippen molar-refractivity contribution in [3.8, 4) is 0 Å². The molecule has 1 N–H and O–H groups in total. The highest BCUT2D eigenvalue weighted by Gasteiger charge is 2.54. The Morgan fingerprint density at radius 2 is 1.86 bits per heavy atom. The van der Waals surface area contributed by atoms with E-state index in [2.05, 4.69) is 4.57 Å². The van der Waals surface area contributed by atoms with E-state index < -0.39 is 29.8 Å². The van der Waals surface area contributed by atoms with Crippen molar-refractivity contribution in [3.63, 3.8) is 0 Å². The van der Waals surface area contributed by atoms with E-state index in [1.165, 1.54) is 12.1 Å². The molecule has 1 aliphatic rings. The molecule has 0 aliphatic heterocycles. The molecule has 2 atom stereocenters. The quantitative estimate of drug-likeness (QED) is 0.311. The van der Waals surface area contributed by atoms with Gasteiger partial charge in [0.1, 0.15) is 37.9 Å². The molecule has 1 fully saturated rings. The van der Waals surface area contributed by atoms with Crippen LogP contribution in [0.4, 0.5) is 13.2 Å². The zero-order valence-electron chi connectivity index (χ0n) is 20.9. The van der Waals surface area contributed by atoms with Crippen LogP contribution in [0.5, 0.6) is 0 Å². The Bertz CT molecular complexity index is 1190. The lowest BCUT2D eigenvalue weighted by molar-refractivity contribution is -0.696. The van der Waals surface area contributed by atoms with Gasteiger partial charge in [0.25, 0.3) is 5.82 Å². The third-order valence-corrected chi connectivity index (χ3v) is 6.88. The summed E-state index contributed by atoms with van der Waals surface area (Å²) in [6, 6.07) is 14.5. The van der Waals surface area contributed by atoms with Crippen LogP contribution in [0.25, 0.3) is 0 Å². The third kappa shape index (κ3) is 6.44. The molecule has 1 aromatic heterocycles. The average molecular weight is 581 g/mol. The predicted octanol–water partition coefficient (Wildman–Crippen LogP) is 1.96. The van der Waals surface area contributed by atoms with Crippen LogP contribution in [-0.2, 0) is 28.2 Å². The van der Waals surface area contributed by atoms with Crippen LogP contribution in [0.15, 0.2) is 67.0 Å². The molecule has 0 spiro atoms. The highest BCUT2D eigenvalue weighted by Crippen LogP contribution is 2.47. The van der Waals surface area contributed by atoms with Crippen molar-refractivity contribution in [3.05, 3.63) is 89.8 Å². The highest BCUT2D eigenvalue weighted by atomic mass is 79.9. The van der Waals surface area contributed by atoms with Crippen molar-refractivity contribution in [1.29, 1.82) is 0 Å². The van der Waals surface area contributed by atoms with Crippen LogP contribution in [0.3, 0.4) is 0 Å². The van der Waals surface area contributed by atoms with Crippen molar-refractivity contribution in [2.45, 2.75) is 63.6 Å². The molecule has 1 aliphatic carbocycles. The zero-order chi connectivity index (χ0) is 25.9. The van der Waals surface area contributed by atoms with Crippen molar-refractivity contribution in [1.82, 2.24) is 4.57 Å². The fraction of sp³-hybridized carbons (Fsp3) is 0.429. The molecule has 0 amide bonds. The number of aromatic nitrogens is 2. The second-order valence-corrected chi connectivity index (χ2v) is 9.82. The largest absolute Gasteiger partial charge is 1.00 e. The molecule has 0 radical (unpaired) electrons. The van der Waals surface area contributed by atoms with E-state index in [0.29, 0.717) is 13.1 Å². The maximum Gasteiger partial charge on any atom is 0.343 e. The summed E-state index contributed by atoms with van der Waals surface area (Å²) in [5.74, 6) is -3.90. The fourth-order valence-electron chi connectivity index (χ4n) is 5.12. The second kappa shape index (κ2) is 11.8. The highest BCUT2D eigenvalue weighted by molar-refractivity contribution is 5.81. The second-order valence-electron chi connectivity index (χ2n) is 9.82. The lowest BCUT2D eigenvalue weighted by Crippen LogP contribution is -3.00. The number of carbonyl (C=O) groups excluding carboxylic acids is 1. The van der Waals surface area contributed by atoms with Gasteiger partial charge in [0.15, 0.2) is 5.60 Å². The van der Waals surface area contributed by atoms with Gasteiger partial charge >= 0.3 is 5.97 Å². The van der Waals surface area contributed by atoms with E-state index >= 15 is 0 Å². The molecule has 9 heteroatoms. The molecule has 200 valence electrons. The number of ether oxygens (including phenoxy) is 1. The number of aliphatic hydroxyl groups is 1. The Morgan fingerprint density at radius 1 is 1.19 bits per heavy atom. The summed E-state index contributed by atoms with van der Waals surface area (Å²) in [6.45, 7) is 4.97. The number of alkyl halides is 2. The minimum atomic E-state index is -2.91. The van der Waals surface area contributed by atoms with Gasteiger partial charge in [-0.15, -0.1) is 0 Å². The normalized spacial score (nSPS) is 18.3. The standard InChI is InChI=1S/C28H32F3N2O3.BrH/c1-20(2)25-32(14-15-33(25)19-21-8-10-24(29)11-9-21)16-17-36-26(34)28(35,22-6-4-3-5-7-22)23-12-13-27(30,31)18-23;/h3-11,14-15,20,23,35H,12-13,16-19H2,1-2H3;1H/q+1;/p-1/t23-,28+;/m1./s1. The van der Waals surface area contributed by atoms with E-state index in [1.807, 2.05) is 30.8 Å². The van der Waals surface area contributed by atoms with Crippen LogP contribution in [0.1, 0.15) is 56.0 Å². The van der Waals surface area contributed by atoms with Gasteiger partial charge in [0.2, 0.25) is 5.92 Å². The molecule has 3 aromatic rings. The molecule has 0 unspecified atom stereocenters. The lowest BCUT2D eigenvalue weighted by atomic mass is 9.80. The van der Waals surface area contributed by atoms with Crippen LogP contribution in [0.2, 0.25) is 0 Å². The number of nitrogens with zero attached hydrogens (tertiary/aromatic N) is 2. The molecular weight excluding hydrogens is 549 g/mol. The number of rotatable bonds is 9. The Morgan fingerprint density at radius 3 is 2.46 bits per heavy atom. The number of hydrogen-bond acceptors (Lipinski definition) is 3. The summed E-state index contributed by atoms with van der Waals surface area (Å²) in [5.41, 5.74) is -0.922. The SMILES string of the molecule is CC(C)c1n(CCOC(=O)[C@](O)(c2ccccc2)[C@@H]2CCC(F)(F)C2)cc[n+]1Cc1ccc(F)cc1.[Br-]. The number of imidazole rings is 1. The Kier molecular flexibility index (Phi) is 9.23. The van der Waals surface area contributed by atoms with Crippen LogP contribution >= 0.6 is 0 Å². The fourth-order valence-corrected chi connectivity index (χ4v) is 5.12. The van der Waals surface area contributed by atoms with Crippen molar-refractivity contribution < 1.29 is 49.4 Å². The molecule has 37 heavy (non-hydrogen) atoms. The van der Waals surface area contributed by atoms with Crippen LogP contribution in [0, 0.1) is 11.7 Å². The molecule has 0 bridgehead atoms. The van der Waals surface area contributed by atoms with E-state index in [1.54, 1.807) is 42.5 Å². The monoisotopic (exact) mass is 580 g/mol. The van der Waals surface area contributed by atoms with Crippen molar-refractivity contribution >= 4 is 5.97 Å². The van der Waals surface area contributed by atoms with Crippen LogP contribution < -0.4 is 21.5 Å². The van der Waals surface area contributed by atoms with E-state index in [9.17, 15) is 23.1 Å². The van der Waals surface area contributed by atoms with Crippen molar-refractivity contribution in [2.24, 2.45) is 5.92 Å². The maximum absolute atomic E-state index is 14.0. The Labute approximate surface area is 225 Å². The molecular formula is C28H32BrF3N2O3. The smallest absolute Gasteiger partial charge is 0.343 e. The summed E-state index contributed by atoms with van der Waals surface area (Å²) in [7, 11) is 0. The molecule has 0 saturated heterocycles. The lowest BCUT2D eigenvalue weighted by Gasteiger charge is -2.32. The van der Waals surface area contributed by atoms with Gasteiger partial charge in [-0.3, -0.25) is 0 Å².